The van der Waals surface area contributed by atoms with Crippen LogP contribution in [0.15, 0.2) is 84.9 Å². The van der Waals surface area contributed by atoms with Crippen LogP contribution in [0, 0.1) is 0 Å². The number of hydrogen-bond donors (Lipinski definition) is 2. The molecule has 0 amide bonds. The van der Waals surface area contributed by atoms with Gasteiger partial charge in [0.15, 0.2) is 0 Å². The molecule has 3 aromatic rings. The maximum absolute atomic E-state index is 9.56. The number of phenolic OH excluding ortho intramolecular Hbond substituents is 2. The van der Waals surface area contributed by atoms with Crippen LogP contribution in [0.25, 0.3) is 11.1 Å². The molecule has 3 rings (SSSR count). The van der Waals surface area contributed by atoms with E-state index in [0.29, 0.717) is 11.5 Å². The minimum Gasteiger partial charge on any atom is -0.508 e. The van der Waals surface area contributed by atoms with E-state index >= 15 is 0 Å². The van der Waals surface area contributed by atoms with Gasteiger partial charge in [-0.25, -0.2) is 0 Å². The third kappa shape index (κ3) is 3.89. The molecule has 0 spiro atoms. The summed E-state index contributed by atoms with van der Waals surface area (Å²) >= 11 is 0. The first-order valence-corrected chi connectivity index (χ1v) is 6.35. The maximum Gasteiger partial charge on any atom is 0.123 e. The molecule has 0 bridgehead atoms. The molecule has 0 radical (unpaired) electrons. The average molecular weight is 264 g/mol. The zero-order chi connectivity index (χ0) is 14.2. The fraction of sp³-hybridized carbons (Fsp3) is 0. The van der Waals surface area contributed by atoms with Gasteiger partial charge >= 0.3 is 0 Å². The van der Waals surface area contributed by atoms with Crippen LogP contribution in [-0.4, -0.2) is 10.2 Å². The van der Waals surface area contributed by atoms with Crippen LogP contribution in [0.5, 0.6) is 11.5 Å². The lowest BCUT2D eigenvalue weighted by Crippen LogP contribution is -1.76. The molecule has 0 saturated carbocycles. The molecule has 0 unspecified atom stereocenters. The number of aromatic hydroxyl groups is 2. The predicted molar refractivity (Wildman–Crippen MR) is 81.6 cm³/mol. The number of phenols is 2. The van der Waals surface area contributed by atoms with Crippen LogP contribution >= 0.6 is 0 Å². The van der Waals surface area contributed by atoms with E-state index in [4.69, 9.17) is 5.11 Å². The molecular weight excluding hydrogens is 248 g/mol. The largest absolute Gasteiger partial charge is 0.508 e. The Labute approximate surface area is 118 Å². The summed E-state index contributed by atoms with van der Waals surface area (Å²) in [6.07, 6.45) is 0. The van der Waals surface area contributed by atoms with Crippen LogP contribution in [-0.2, 0) is 0 Å². The molecule has 0 fully saturated rings. The van der Waals surface area contributed by atoms with Crippen molar-refractivity contribution in [2.24, 2.45) is 0 Å². The lowest BCUT2D eigenvalue weighted by atomic mass is 10.1. The summed E-state index contributed by atoms with van der Waals surface area (Å²) in [4.78, 5) is 0. The highest BCUT2D eigenvalue weighted by atomic mass is 16.3. The van der Waals surface area contributed by atoms with E-state index in [9.17, 15) is 5.11 Å². The lowest BCUT2D eigenvalue weighted by Gasteiger charge is -2.02. The summed E-state index contributed by atoms with van der Waals surface area (Å²) < 4.78 is 0. The predicted octanol–water partition coefficient (Wildman–Crippen LogP) is 4.45. The van der Waals surface area contributed by atoms with Crippen molar-refractivity contribution in [2.45, 2.75) is 0 Å². The van der Waals surface area contributed by atoms with E-state index in [2.05, 4.69) is 0 Å². The third-order valence-corrected chi connectivity index (χ3v) is 2.75. The van der Waals surface area contributed by atoms with Crippen molar-refractivity contribution in [1.82, 2.24) is 0 Å². The van der Waals surface area contributed by atoms with Crippen molar-refractivity contribution in [1.29, 1.82) is 0 Å². The van der Waals surface area contributed by atoms with Crippen LogP contribution in [0.1, 0.15) is 0 Å². The minimum absolute atomic E-state index is 0.322. The highest BCUT2D eigenvalue weighted by Crippen LogP contribution is 2.27. The molecule has 2 heteroatoms. The molecule has 0 aliphatic rings. The van der Waals surface area contributed by atoms with Gasteiger partial charge in [0.05, 0.1) is 0 Å². The molecule has 0 aliphatic carbocycles. The van der Waals surface area contributed by atoms with Gasteiger partial charge in [-0.05, 0) is 23.8 Å². The first-order chi connectivity index (χ1) is 9.77. The van der Waals surface area contributed by atoms with Crippen LogP contribution < -0.4 is 0 Å². The molecule has 2 nitrogen and oxygen atoms in total. The van der Waals surface area contributed by atoms with Crippen molar-refractivity contribution < 1.29 is 10.2 Å². The molecule has 2 N–H and O–H groups in total. The van der Waals surface area contributed by atoms with Gasteiger partial charge in [-0.15, -0.1) is 0 Å². The molecular formula is C18H16O2. The van der Waals surface area contributed by atoms with Crippen molar-refractivity contribution in [3.05, 3.63) is 84.9 Å². The Hall–Kier alpha value is -2.74. The summed E-state index contributed by atoms with van der Waals surface area (Å²) in [5.74, 6) is 0.649. The van der Waals surface area contributed by atoms with Crippen LogP contribution in [0.4, 0.5) is 0 Å². The molecule has 100 valence electrons. The summed E-state index contributed by atoms with van der Waals surface area (Å²) in [7, 11) is 0. The number of hydrogen-bond acceptors (Lipinski definition) is 2. The van der Waals surface area contributed by atoms with E-state index in [1.54, 1.807) is 30.3 Å². The average Bonchev–Trinajstić information content (AvgIpc) is 2.50. The van der Waals surface area contributed by atoms with E-state index in [-0.39, 0.29) is 0 Å². The molecule has 0 saturated heterocycles. The Kier molecular flexibility index (Phi) is 4.79. The van der Waals surface area contributed by atoms with Gasteiger partial charge in [0.2, 0.25) is 0 Å². The molecule has 20 heavy (non-hydrogen) atoms. The summed E-state index contributed by atoms with van der Waals surface area (Å²) in [6.45, 7) is 0. The zero-order valence-corrected chi connectivity index (χ0v) is 11.0. The van der Waals surface area contributed by atoms with E-state index in [1.807, 2.05) is 54.6 Å². The highest BCUT2D eigenvalue weighted by molar-refractivity contribution is 5.69. The number of benzene rings is 3. The fourth-order valence-electron chi connectivity index (χ4n) is 1.76. The fourth-order valence-corrected chi connectivity index (χ4v) is 1.76. The normalized spacial score (nSPS) is 9.40. The summed E-state index contributed by atoms with van der Waals surface area (Å²) in [5, 5.41) is 18.2. The monoisotopic (exact) mass is 264 g/mol. The van der Waals surface area contributed by atoms with E-state index in [0.717, 1.165) is 11.1 Å². The Bertz CT molecular complexity index is 634. The second-order valence-electron chi connectivity index (χ2n) is 4.22. The van der Waals surface area contributed by atoms with Gasteiger partial charge in [0.1, 0.15) is 11.5 Å². The second kappa shape index (κ2) is 7.00. The zero-order valence-electron chi connectivity index (χ0n) is 11.0. The van der Waals surface area contributed by atoms with Gasteiger partial charge in [0.25, 0.3) is 0 Å². The van der Waals surface area contributed by atoms with Gasteiger partial charge in [-0.1, -0.05) is 66.7 Å². The van der Waals surface area contributed by atoms with Crippen molar-refractivity contribution in [3.8, 4) is 22.6 Å². The van der Waals surface area contributed by atoms with E-state index in [1.165, 1.54) is 0 Å². The molecule has 0 atom stereocenters. The molecule has 3 aromatic carbocycles. The van der Waals surface area contributed by atoms with Gasteiger partial charge in [0, 0.05) is 5.56 Å². The number of para-hydroxylation sites is 2. The first kappa shape index (κ1) is 13.7. The van der Waals surface area contributed by atoms with Crippen molar-refractivity contribution in [2.75, 3.05) is 0 Å². The molecule has 0 aliphatic heterocycles. The summed E-state index contributed by atoms with van der Waals surface area (Å²) in [6, 6.07) is 25.9. The van der Waals surface area contributed by atoms with Gasteiger partial charge < -0.3 is 10.2 Å². The molecule has 0 aromatic heterocycles. The minimum atomic E-state index is 0.322. The summed E-state index contributed by atoms with van der Waals surface area (Å²) in [5.41, 5.74) is 1.92. The maximum atomic E-state index is 9.56. The van der Waals surface area contributed by atoms with E-state index < -0.39 is 0 Å². The number of rotatable bonds is 1. The van der Waals surface area contributed by atoms with Gasteiger partial charge in [-0.2, -0.15) is 0 Å². The van der Waals surface area contributed by atoms with Gasteiger partial charge in [-0.3, -0.25) is 0 Å². The topological polar surface area (TPSA) is 40.5 Å². The highest BCUT2D eigenvalue weighted by Gasteiger charge is 2.00. The van der Waals surface area contributed by atoms with Crippen molar-refractivity contribution in [3.63, 3.8) is 0 Å². The molecule has 0 heterocycles. The smallest absolute Gasteiger partial charge is 0.123 e. The Balaban J connectivity index is 0.000000178. The lowest BCUT2D eigenvalue weighted by molar-refractivity contribution is 0.475. The standard InChI is InChI=1S/C12H10O.C6H6O/c13-12-9-5-4-8-11(12)10-6-2-1-3-7-10;7-6-4-2-1-3-5-6/h1-9,13H;1-5,7H. The quantitative estimate of drug-likeness (QED) is 0.681. The Morgan fingerprint density at radius 2 is 1.00 bits per heavy atom. The third-order valence-electron chi connectivity index (χ3n) is 2.75. The Morgan fingerprint density at radius 1 is 0.500 bits per heavy atom. The first-order valence-electron chi connectivity index (χ1n) is 6.35. The van der Waals surface area contributed by atoms with Crippen LogP contribution in [0.2, 0.25) is 0 Å². The Morgan fingerprint density at radius 3 is 1.50 bits per heavy atom. The van der Waals surface area contributed by atoms with Crippen molar-refractivity contribution >= 4 is 0 Å². The van der Waals surface area contributed by atoms with Crippen LogP contribution in [0.3, 0.4) is 0 Å². The SMILES string of the molecule is Oc1ccccc1.Oc1ccccc1-c1ccccc1. The second-order valence-corrected chi connectivity index (χ2v) is 4.22.